The molecular formula is C25H24Cl2O3. The molecule has 0 radical (unpaired) electrons. The third-order valence-corrected chi connectivity index (χ3v) is 5.93. The Hall–Kier alpha value is -2.49. The maximum absolute atomic E-state index is 12.6. The summed E-state index contributed by atoms with van der Waals surface area (Å²) in [6.07, 6.45) is 0. The second-order valence-corrected chi connectivity index (χ2v) is 8.64. The van der Waals surface area contributed by atoms with Gasteiger partial charge in [0, 0.05) is 5.41 Å². The number of carbonyl (C=O) groups is 1. The lowest BCUT2D eigenvalue weighted by atomic mass is 9.78. The Morgan fingerprint density at radius 1 is 0.833 bits per heavy atom. The maximum Gasteiger partial charge on any atom is 0.343 e. The molecule has 0 heterocycles. The van der Waals surface area contributed by atoms with Crippen LogP contribution in [0.3, 0.4) is 0 Å². The normalized spacial score (nSPS) is 11.3. The van der Waals surface area contributed by atoms with Gasteiger partial charge >= 0.3 is 5.97 Å². The van der Waals surface area contributed by atoms with E-state index < -0.39 is 5.97 Å². The highest BCUT2D eigenvalue weighted by atomic mass is 35.5. The quantitative estimate of drug-likeness (QED) is 0.310. The molecule has 0 aliphatic rings. The summed E-state index contributed by atoms with van der Waals surface area (Å²) in [6.45, 7) is 7.98. The number of benzene rings is 3. The number of methoxy groups -OCH3 is 1. The molecule has 3 rings (SSSR count). The molecule has 0 fully saturated rings. The summed E-state index contributed by atoms with van der Waals surface area (Å²) in [5, 5.41) is 0.923. The Morgan fingerprint density at radius 2 is 1.40 bits per heavy atom. The predicted octanol–water partition coefficient (Wildman–Crippen LogP) is 7.16. The second kappa shape index (κ2) is 8.71. The molecule has 0 aromatic heterocycles. The minimum absolute atomic E-state index is 0.329. The number of rotatable bonds is 5. The van der Waals surface area contributed by atoms with Crippen molar-refractivity contribution in [3.63, 3.8) is 0 Å². The van der Waals surface area contributed by atoms with E-state index in [1.807, 2.05) is 62.4 Å². The highest BCUT2D eigenvalue weighted by Crippen LogP contribution is 2.38. The van der Waals surface area contributed by atoms with Gasteiger partial charge in [0.2, 0.25) is 0 Å². The first-order valence-corrected chi connectivity index (χ1v) is 10.3. The zero-order valence-electron chi connectivity index (χ0n) is 17.7. The standard InChI is InChI=1S/C25H24Cl2O3/c1-15-6-7-16(2)19(12-15)24(28)30-23-11-9-18(14-21(23)27)25(3,4)17-8-10-22(29-5)20(26)13-17/h6-14H,1-5H3. The highest BCUT2D eigenvalue weighted by molar-refractivity contribution is 6.32. The molecule has 0 bridgehead atoms. The van der Waals surface area contributed by atoms with Crippen molar-refractivity contribution in [2.45, 2.75) is 33.1 Å². The molecule has 0 aliphatic carbocycles. The first-order chi connectivity index (χ1) is 14.1. The van der Waals surface area contributed by atoms with Gasteiger partial charge in [-0.05, 0) is 60.9 Å². The number of halogens is 2. The molecule has 0 unspecified atom stereocenters. The van der Waals surface area contributed by atoms with E-state index in [-0.39, 0.29) is 5.41 Å². The molecule has 0 N–H and O–H groups in total. The largest absolute Gasteiger partial charge is 0.495 e. The van der Waals surface area contributed by atoms with Crippen molar-refractivity contribution in [1.29, 1.82) is 0 Å². The van der Waals surface area contributed by atoms with Crippen LogP contribution in [0.1, 0.15) is 46.5 Å². The molecule has 30 heavy (non-hydrogen) atoms. The summed E-state index contributed by atoms with van der Waals surface area (Å²) < 4.78 is 10.8. The van der Waals surface area contributed by atoms with Crippen LogP contribution in [0.15, 0.2) is 54.6 Å². The Balaban J connectivity index is 1.88. The number of hydrogen-bond donors (Lipinski definition) is 0. The molecule has 0 aliphatic heterocycles. The first-order valence-electron chi connectivity index (χ1n) is 9.57. The molecule has 3 aromatic rings. The van der Waals surface area contributed by atoms with Crippen LogP contribution in [0.25, 0.3) is 0 Å². The lowest BCUT2D eigenvalue weighted by Crippen LogP contribution is -2.19. The highest BCUT2D eigenvalue weighted by Gasteiger charge is 2.25. The van der Waals surface area contributed by atoms with Crippen molar-refractivity contribution in [3.8, 4) is 11.5 Å². The monoisotopic (exact) mass is 442 g/mol. The van der Waals surface area contributed by atoms with Gasteiger partial charge in [0.05, 0.1) is 22.7 Å². The summed E-state index contributed by atoms with van der Waals surface area (Å²) in [6, 6.07) is 16.9. The van der Waals surface area contributed by atoms with Gasteiger partial charge in [0.1, 0.15) is 11.5 Å². The fraction of sp³-hybridized carbons (Fsp3) is 0.240. The van der Waals surface area contributed by atoms with E-state index in [4.69, 9.17) is 32.7 Å². The van der Waals surface area contributed by atoms with Crippen LogP contribution in [-0.4, -0.2) is 13.1 Å². The molecule has 0 saturated carbocycles. The van der Waals surface area contributed by atoms with E-state index in [2.05, 4.69) is 13.8 Å². The number of aryl methyl sites for hydroxylation is 2. The Kier molecular flexibility index (Phi) is 6.44. The van der Waals surface area contributed by atoms with Gasteiger partial charge in [-0.2, -0.15) is 0 Å². The number of hydrogen-bond acceptors (Lipinski definition) is 3. The SMILES string of the molecule is COc1ccc(C(C)(C)c2ccc(OC(=O)c3cc(C)ccc3C)c(Cl)c2)cc1Cl. The molecule has 0 saturated heterocycles. The minimum atomic E-state index is -0.424. The van der Waals surface area contributed by atoms with Crippen LogP contribution in [0, 0.1) is 13.8 Å². The van der Waals surface area contributed by atoms with E-state index >= 15 is 0 Å². The molecule has 0 atom stereocenters. The van der Waals surface area contributed by atoms with Crippen LogP contribution in [0.2, 0.25) is 10.0 Å². The van der Waals surface area contributed by atoms with Crippen molar-refractivity contribution in [2.24, 2.45) is 0 Å². The first kappa shape index (κ1) is 22.2. The molecule has 5 heteroatoms. The third-order valence-electron chi connectivity index (χ3n) is 5.34. The van der Waals surface area contributed by atoms with Gasteiger partial charge < -0.3 is 9.47 Å². The average Bonchev–Trinajstić information content (AvgIpc) is 2.71. The van der Waals surface area contributed by atoms with Crippen LogP contribution in [-0.2, 0) is 5.41 Å². The zero-order valence-corrected chi connectivity index (χ0v) is 19.2. The second-order valence-electron chi connectivity index (χ2n) is 7.83. The molecule has 0 amide bonds. The van der Waals surface area contributed by atoms with Crippen molar-refractivity contribution in [3.05, 3.63) is 92.5 Å². The van der Waals surface area contributed by atoms with Gasteiger partial charge in [-0.3, -0.25) is 0 Å². The van der Waals surface area contributed by atoms with Crippen molar-refractivity contribution in [2.75, 3.05) is 7.11 Å². The van der Waals surface area contributed by atoms with Gasteiger partial charge in [-0.25, -0.2) is 4.79 Å². The Morgan fingerprint density at radius 3 is 1.93 bits per heavy atom. The molecule has 156 valence electrons. The fourth-order valence-corrected chi connectivity index (χ4v) is 3.78. The molecule has 0 spiro atoms. The summed E-state index contributed by atoms with van der Waals surface area (Å²) in [7, 11) is 1.59. The van der Waals surface area contributed by atoms with E-state index in [1.165, 1.54) is 0 Å². The minimum Gasteiger partial charge on any atom is -0.495 e. The molecular weight excluding hydrogens is 419 g/mol. The van der Waals surface area contributed by atoms with E-state index in [0.29, 0.717) is 27.1 Å². The number of ether oxygens (including phenoxy) is 2. The smallest absolute Gasteiger partial charge is 0.343 e. The van der Waals surface area contributed by atoms with Gasteiger partial charge in [-0.1, -0.05) is 66.9 Å². The topological polar surface area (TPSA) is 35.5 Å². The Labute approximate surface area is 187 Å². The van der Waals surface area contributed by atoms with Gasteiger partial charge in [0.25, 0.3) is 0 Å². The van der Waals surface area contributed by atoms with Crippen LogP contribution < -0.4 is 9.47 Å². The Bertz CT molecular complexity index is 1100. The van der Waals surface area contributed by atoms with E-state index in [1.54, 1.807) is 13.2 Å². The third kappa shape index (κ3) is 4.48. The number of carbonyl (C=O) groups excluding carboxylic acids is 1. The summed E-state index contributed by atoms with van der Waals surface area (Å²) in [5.41, 5.74) is 4.01. The summed E-state index contributed by atoms with van der Waals surface area (Å²) in [4.78, 5) is 12.6. The molecule has 3 aromatic carbocycles. The number of esters is 1. The van der Waals surface area contributed by atoms with Crippen LogP contribution in [0.5, 0.6) is 11.5 Å². The van der Waals surface area contributed by atoms with E-state index in [9.17, 15) is 4.79 Å². The fourth-order valence-electron chi connectivity index (χ4n) is 3.30. The van der Waals surface area contributed by atoms with Crippen molar-refractivity contribution in [1.82, 2.24) is 0 Å². The van der Waals surface area contributed by atoms with Crippen molar-refractivity contribution < 1.29 is 14.3 Å². The average molecular weight is 443 g/mol. The van der Waals surface area contributed by atoms with Gasteiger partial charge in [0.15, 0.2) is 0 Å². The van der Waals surface area contributed by atoms with Gasteiger partial charge in [-0.15, -0.1) is 0 Å². The van der Waals surface area contributed by atoms with Crippen LogP contribution >= 0.6 is 23.2 Å². The maximum atomic E-state index is 12.6. The zero-order chi connectivity index (χ0) is 22.1. The predicted molar refractivity (Wildman–Crippen MR) is 122 cm³/mol. The lowest BCUT2D eigenvalue weighted by molar-refractivity contribution is 0.0734. The molecule has 3 nitrogen and oxygen atoms in total. The lowest BCUT2D eigenvalue weighted by Gasteiger charge is -2.27. The van der Waals surface area contributed by atoms with Crippen molar-refractivity contribution >= 4 is 29.2 Å². The summed E-state index contributed by atoms with van der Waals surface area (Å²) >= 11 is 12.8. The van der Waals surface area contributed by atoms with Crippen LogP contribution in [0.4, 0.5) is 0 Å². The summed E-state index contributed by atoms with van der Waals surface area (Å²) in [5.74, 6) is 0.532. The van der Waals surface area contributed by atoms with E-state index in [0.717, 1.165) is 22.3 Å².